The van der Waals surface area contributed by atoms with Crippen LogP contribution in [0.1, 0.15) is 10.4 Å². The molecule has 3 aromatic heterocycles. The molecule has 5 aromatic carbocycles. The number of nitrogens with zero attached hydrogens (tertiary/aromatic N) is 8. The Labute approximate surface area is 329 Å². The zero-order valence-corrected chi connectivity index (χ0v) is 32.4. The number of aromatic hydroxyl groups is 1. The maximum absolute atomic E-state index is 10.6. The predicted molar refractivity (Wildman–Crippen MR) is 199 cm³/mol. The van der Waals surface area contributed by atoms with Crippen molar-refractivity contribution >= 4 is 60.2 Å². The van der Waals surface area contributed by atoms with Gasteiger partial charge in [0.1, 0.15) is 11.3 Å². The fourth-order valence-electron chi connectivity index (χ4n) is 6.31. The van der Waals surface area contributed by atoms with Gasteiger partial charge in [-0.1, -0.05) is 97.1 Å². The van der Waals surface area contributed by atoms with E-state index in [2.05, 4.69) is 0 Å². The molecule has 8 aromatic rings. The van der Waals surface area contributed by atoms with Crippen molar-refractivity contribution in [3.8, 4) is 51.3 Å². The second kappa shape index (κ2) is 13.7. The maximum Gasteiger partial charge on any atom is 0.339 e. The van der Waals surface area contributed by atoms with Crippen LogP contribution in [0.25, 0.3) is 89.7 Å². The zero-order chi connectivity index (χ0) is 37.1. The number of fused-ring (bicyclic) bond motifs is 20. The van der Waals surface area contributed by atoms with Gasteiger partial charge in [-0.2, -0.15) is 8.42 Å². The van der Waals surface area contributed by atoms with E-state index in [9.17, 15) is 13.2 Å². The molecular weight excluding hydrogens is 887 g/mol. The average Bonchev–Trinajstić information content (AvgIpc) is 3.90. The molecule has 55 heavy (non-hydrogen) atoms. The molecule has 0 saturated carbocycles. The summed E-state index contributed by atoms with van der Waals surface area (Å²) in [5, 5.41) is 21.1. The molecule has 8 bridgehead atoms. The van der Waals surface area contributed by atoms with E-state index in [0.29, 0.717) is 52.0 Å². The van der Waals surface area contributed by atoms with Gasteiger partial charge < -0.3 is 40.1 Å². The number of hydrogen-bond donors (Lipinski definition) is 3. The molecule has 2 aliphatic heterocycles. The number of aromatic nitrogens is 8. The summed E-state index contributed by atoms with van der Waals surface area (Å²) >= 11 is 0. The summed E-state index contributed by atoms with van der Waals surface area (Å²) in [5.74, 6) is 0.165. The second-order valence-electron chi connectivity index (χ2n) is 12.1. The zero-order valence-electron chi connectivity index (χ0n) is 28.0. The Morgan fingerprint density at radius 2 is 0.836 bits per heavy atom. The van der Waals surface area contributed by atoms with Gasteiger partial charge in [0.2, 0.25) is 0 Å². The molecular formula is C39H22HfN8O6S-2. The summed E-state index contributed by atoms with van der Waals surface area (Å²) in [4.78, 5) is 49.2. The first-order chi connectivity index (χ1) is 26.1. The van der Waals surface area contributed by atoms with E-state index < -0.39 is 32.3 Å². The first-order valence-corrected chi connectivity index (χ1v) is 17.7. The molecule has 0 fully saturated rings. The molecule has 0 atom stereocenters. The number of aromatic carboxylic acids is 1. The van der Waals surface area contributed by atoms with Crippen molar-refractivity contribution in [2.24, 2.45) is 0 Å². The maximum atomic E-state index is 10.6. The average molecular weight is 909 g/mol. The molecule has 0 radical (unpaired) electrons. The van der Waals surface area contributed by atoms with Gasteiger partial charge in [-0.25, -0.2) is 14.8 Å². The van der Waals surface area contributed by atoms with Crippen molar-refractivity contribution in [2.45, 2.75) is 4.90 Å². The van der Waals surface area contributed by atoms with Crippen molar-refractivity contribution < 1.29 is 53.8 Å². The number of carboxylic acids is 1. The Kier molecular flexibility index (Phi) is 8.87. The molecule has 0 unspecified atom stereocenters. The Balaban J connectivity index is 0.000000244. The van der Waals surface area contributed by atoms with E-state index in [1.807, 2.05) is 97.1 Å². The van der Waals surface area contributed by atoms with E-state index in [1.54, 1.807) is 0 Å². The predicted octanol–water partition coefficient (Wildman–Crippen LogP) is 6.46. The van der Waals surface area contributed by atoms with Crippen LogP contribution in [-0.2, 0) is 36.0 Å². The van der Waals surface area contributed by atoms with Crippen LogP contribution >= 0.6 is 0 Å². The molecule has 0 saturated heterocycles. The summed E-state index contributed by atoms with van der Waals surface area (Å²) in [6, 6.07) is 34.3. The van der Waals surface area contributed by atoms with E-state index in [-0.39, 0.29) is 25.8 Å². The number of benzene rings is 5. The monoisotopic (exact) mass is 910 g/mol. The Bertz CT molecular complexity index is 2850. The molecule has 266 valence electrons. The van der Waals surface area contributed by atoms with E-state index in [1.165, 1.54) is 0 Å². The Morgan fingerprint density at radius 1 is 0.509 bits per heavy atom. The number of hydrogen-bond acceptors (Lipinski definition) is 10. The van der Waals surface area contributed by atoms with E-state index >= 15 is 0 Å². The summed E-state index contributed by atoms with van der Waals surface area (Å²) < 4.78 is 29.8. The second-order valence-corrected chi connectivity index (χ2v) is 13.5. The molecule has 0 amide bonds. The molecule has 10 rings (SSSR count). The standard InChI is InChI=1S/C32H16N8.C7H6O6S.Hf/c1-2-10-18-17(9-1)25-33-26(18)38-28-21-13-5-6-14-22(21)30(35-28)40-32-24-16-8-7-15-23(24)31(36-32)39-29-20-12-4-3-11-19(20)27(34-29)37-25;8-6-2-1-4(14(11,12)13)3-5(6)7(9)10;/h1-16H;1-3,8H,(H,9,10)(H,11,12,13);/q-2;;. The van der Waals surface area contributed by atoms with Gasteiger partial charge in [0, 0.05) is 70.7 Å². The fourth-order valence-corrected chi connectivity index (χ4v) is 6.81. The van der Waals surface area contributed by atoms with Crippen LogP contribution in [0, 0.1) is 0 Å². The third kappa shape index (κ3) is 6.35. The first-order valence-electron chi connectivity index (χ1n) is 16.2. The molecule has 3 N–H and O–H groups in total. The minimum atomic E-state index is -4.45. The largest absolute Gasteiger partial charge is 0.507 e. The van der Waals surface area contributed by atoms with Gasteiger partial charge in [0.25, 0.3) is 10.1 Å². The third-order valence-corrected chi connectivity index (χ3v) is 9.68. The van der Waals surface area contributed by atoms with Crippen LogP contribution in [0.4, 0.5) is 0 Å². The molecule has 0 aliphatic carbocycles. The minimum Gasteiger partial charge on any atom is -0.507 e. The topological polar surface area (TPSA) is 217 Å². The van der Waals surface area contributed by atoms with Crippen molar-refractivity contribution in [1.82, 2.24) is 39.9 Å². The van der Waals surface area contributed by atoms with Crippen molar-refractivity contribution in [2.75, 3.05) is 0 Å². The van der Waals surface area contributed by atoms with Crippen molar-refractivity contribution in [1.29, 1.82) is 0 Å². The van der Waals surface area contributed by atoms with Gasteiger partial charge in [-0.05, 0) is 39.7 Å². The van der Waals surface area contributed by atoms with Gasteiger partial charge in [-0.3, -0.25) is 4.55 Å². The summed E-state index contributed by atoms with van der Waals surface area (Å²) in [6.45, 7) is 0. The van der Waals surface area contributed by atoms with E-state index in [0.717, 1.165) is 55.9 Å². The van der Waals surface area contributed by atoms with Crippen LogP contribution in [0.15, 0.2) is 120 Å². The van der Waals surface area contributed by atoms with Crippen molar-refractivity contribution in [3.63, 3.8) is 0 Å². The van der Waals surface area contributed by atoms with Crippen LogP contribution in [0.2, 0.25) is 0 Å². The minimum absolute atomic E-state index is 0. The fraction of sp³-hybridized carbons (Fsp3) is 0. The number of phenols is 1. The molecule has 0 spiro atoms. The number of carbonyl (C=O) groups is 1. The summed E-state index contributed by atoms with van der Waals surface area (Å²) in [6.07, 6.45) is 0. The quantitative estimate of drug-likeness (QED) is 0.125. The Hall–Kier alpha value is -6.49. The normalized spacial score (nSPS) is 11.6. The van der Waals surface area contributed by atoms with Gasteiger partial charge in [0.15, 0.2) is 0 Å². The number of carboxylic acid groups (broad SMARTS) is 1. The van der Waals surface area contributed by atoms with Crippen LogP contribution < -0.4 is 9.97 Å². The molecule has 16 heteroatoms. The molecule has 5 heterocycles. The first kappa shape index (κ1) is 35.5. The Morgan fingerprint density at radius 3 is 1.15 bits per heavy atom. The smallest absolute Gasteiger partial charge is 0.339 e. The van der Waals surface area contributed by atoms with Crippen molar-refractivity contribution in [3.05, 3.63) is 121 Å². The van der Waals surface area contributed by atoms with Gasteiger partial charge in [-0.15, -0.1) is 0 Å². The SMILES string of the molecule is O=C(O)c1cc(S(=O)(=O)O)ccc1O.[Hf].c1ccc2c(c1)-c1nc-2nc2[n-]c(nc3nc(nc4[n-]c(n1)c1ccccc41)-c1ccccc1-3)c1ccccc21. The van der Waals surface area contributed by atoms with Gasteiger partial charge in [0.05, 0.1) is 28.2 Å². The van der Waals surface area contributed by atoms with Crippen LogP contribution in [0.5, 0.6) is 5.75 Å². The van der Waals surface area contributed by atoms with Gasteiger partial charge >= 0.3 is 5.97 Å². The third-order valence-electron chi connectivity index (χ3n) is 8.83. The van der Waals surface area contributed by atoms with E-state index in [4.69, 9.17) is 54.6 Å². The summed E-state index contributed by atoms with van der Waals surface area (Å²) in [7, 11) is -4.45. The molecule has 14 nitrogen and oxygen atoms in total. The summed E-state index contributed by atoms with van der Waals surface area (Å²) in [5.41, 5.74) is 5.20. The van der Waals surface area contributed by atoms with Crippen LogP contribution in [-0.4, -0.2) is 59.1 Å². The molecule has 2 aliphatic rings. The van der Waals surface area contributed by atoms with Crippen LogP contribution in [0.3, 0.4) is 0 Å². The number of rotatable bonds is 2.